The normalized spacial score (nSPS) is 19.6. The molecule has 4 heteroatoms. The van der Waals surface area contributed by atoms with Crippen molar-refractivity contribution in [1.29, 1.82) is 0 Å². The zero-order valence-electron chi connectivity index (χ0n) is 9.78. The smallest absolute Gasteiger partial charge is 0.173 e. The van der Waals surface area contributed by atoms with Gasteiger partial charge in [-0.2, -0.15) is 5.10 Å². The minimum atomic E-state index is -0.318. The Morgan fingerprint density at radius 3 is 2.69 bits per heavy atom. The molecular formula is C12H19N3O. The number of aromatic nitrogens is 2. The highest BCUT2D eigenvalue weighted by atomic mass is 16.1. The fraction of sp³-hybridized carbons (Fsp3) is 0.667. The van der Waals surface area contributed by atoms with Crippen LogP contribution in [0.4, 0.5) is 0 Å². The van der Waals surface area contributed by atoms with Crippen LogP contribution in [0.15, 0.2) is 12.4 Å². The lowest BCUT2D eigenvalue weighted by atomic mass is 9.70. The van der Waals surface area contributed by atoms with E-state index in [0.29, 0.717) is 12.1 Å². The molecule has 1 aromatic rings. The molecule has 0 aromatic carbocycles. The number of ketones is 1. The largest absolute Gasteiger partial charge is 0.329 e. The van der Waals surface area contributed by atoms with E-state index in [1.807, 2.05) is 7.05 Å². The van der Waals surface area contributed by atoms with Crippen LogP contribution in [-0.2, 0) is 7.05 Å². The Kier molecular flexibility index (Phi) is 3.10. The summed E-state index contributed by atoms with van der Waals surface area (Å²) in [7, 11) is 1.83. The molecule has 2 N–H and O–H groups in total. The van der Waals surface area contributed by atoms with Gasteiger partial charge >= 0.3 is 0 Å². The lowest BCUT2D eigenvalue weighted by molar-refractivity contribution is 0.0729. The van der Waals surface area contributed by atoms with Crippen LogP contribution in [0.1, 0.15) is 42.5 Å². The molecule has 1 heterocycles. The first kappa shape index (κ1) is 11.3. The van der Waals surface area contributed by atoms with Crippen molar-refractivity contribution in [1.82, 2.24) is 9.78 Å². The first-order valence-corrected chi connectivity index (χ1v) is 5.91. The lowest BCUT2D eigenvalue weighted by Gasteiger charge is -2.34. The third kappa shape index (κ3) is 1.89. The Morgan fingerprint density at radius 1 is 1.50 bits per heavy atom. The summed E-state index contributed by atoms with van der Waals surface area (Å²) in [6.45, 7) is 0.459. The molecule has 0 bridgehead atoms. The third-order valence-corrected chi connectivity index (χ3v) is 3.65. The van der Waals surface area contributed by atoms with Crippen molar-refractivity contribution in [2.45, 2.75) is 32.1 Å². The summed E-state index contributed by atoms with van der Waals surface area (Å²) >= 11 is 0. The first-order chi connectivity index (χ1) is 7.68. The Bertz CT molecular complexity index is 377. The Morgan fingerprint density at radius 2 is 2.19 bits per heavy atom. The Hall–Kier alpha value is -1.16. The van der Waals surface area contributed by atoms with Crippen LogP contribution >= 0.6 is 0 Å². The molecule has 1 aliphatic carbocycles. The molecule has 1 saturated carbocycles. The van der Waals surface area contributed by atoms with Crippen molar-refractivity contribution in [3.8, 4) is 0 Å². The van der Waals surface area contributed by atoms with E-state index in [1.165, 1.54) is 6.42 Å². The van der Waals surface area contributed by atoms with E-state index in [1.54, 1.807) is 17.1 Å². The van der Waals surface area contributed by atoms with E-state index in [9.17, 15) is 4.79 Å². The summed E-state index contributed by atoms with van der Waals surface area (Å²) in [5.74, 6) is 0.183. The van der Waals surface area contributed by atoms with Crippen LogP contribution in [0.25, 0.3) is 0 Å². The molecule has 0 amide bonds. The minimum Gasteiger partial charge on any atom is -0.329 e. The van der Waals surface area contributed by atoms with Gasteiger partial charge < -0.3 is 5.73 Å². The molecule has 0 aliphatic heterocycles. The summed E-state index contributed by atoms with van der Waals surface area (Å²) in [5, 5.41) is 4.05. The van der Waals surface area contributed by atoms with Gasteiger partial charge in [0.25, 0.3) is 0 Å². The molecule has 1 aliphatic rings. The van der Waals surface area contributed by atoms with Gasteiger partial charge in [-0.25, -0.2) is 0 Å². The number of nitrogens with two attached hydrogens (primary N) is 1. The van der Waals surface area contributed by atoms with Gasteiger partial charge in [-0.15, -0.1) is 0 Å². The SMILES string of the molecule is Cn1cc(C(=O)C2(CN)CCCCC2)cn1. The number of nitrogens with zero attached hydrogens (tertiary/aromatic N) is 2. The molecule has 16 heavy (non-hydrogen) atoms. The van der Waals surface area contributed by atoms with Crippen molar-refractivity contribution in [2.75, 3.05) is 6.54 Å². The summed E-state index contributed by atoms with van der Waals surface area (Å²) < 4.78 is 1.67. The van der Waals surface area contributed by atoms with Crippen LogP contribution < -0.4 is 5.73 Å². The van der Waals surface area contributed by atoms with E-state index in [0.717, 1.165) is 25.7 Å². The second kappa shape index (κ2) is 4.37. The zero-order valence-corrected chi connectivity index (χ0v) is 9.78. The van der Waals surface area contributed by atoms with E-state index >= 15 is 0 Å². The number of aryl methyl sites for hydroxylation is 1. The molecule has 0 atom stereocenters. The highest BCUT2D eigenvalue weighted by Crippen LogP contribution is 2.38. The molecule has 0 spiro atoms. The highest BCUT2D eigenvalue weighted by molar-refractivity contribution is 6.00. The van der Waals surface area contributed by atoms with E-state index in [4.69, 9.17) is 5.73 Å². The molecule has 0 radical (unpaired) electrons. The van der Waals surface area contributed by atoms with Crippen LogP contribution in [0, 0.1) is 5.41 Å². The average Bonchev–Trinajstić information content (AvgIpc) is 2.76. The van der Waals surface area contributed by atoms with E-state index in [2.05, 4.69) is 5.10 Å². The monoisotopic (exact) mass is 221 g/mol. The van der Waals surface area contributed by atoms with Gasteiger partial charge in [0.15, 0.2) is 5.78 Å². The average molecular weight is 221 g/mol. The highest BCUT2D eigenvalue weighted by Gasteiger charge is 2.38. The summed E-state index contributed by atoms with van der Waals surface area (Å²) in [4.78, 5) is 12.4. The first-order valence-electron chi connectivity index (χ1n) is 5.91. The Labute approximate surface area is 95.8 Å². The summed E-state index contributed by atoms with van der Waals surface area (Å²) in [6.07, 6.45) is 8.74. The third-order valence-electron chi connectivity index (χ3n) is 3.65. The van der Waals surface area contributed by atoms with Gasteiger partial charge in [0.2, 0.25) is 0 Å². The second-order valence-corrected chi connectivity index (χ2v) is 4.78. The maximum atomic E-state index is 12.4. The van der Waals surface area contributed by atoms with Crippen molar-refractivity contribution >= 4 is 5.78 Å². The summed E-state index contributed by atoms with van der Waals surface area (Å²) in [6, 6.07) is 0. The second-order valence-electron chi connectivity index (χ2n) is 4.78. The quantitative estimate of drug-likeness (QED) is 0.787. The topological polar surface area (TPSA) is 60.9 Å². The van der Waals surface area contributed by atoms with Crippen LogP contribution in [0.2, 0.25) is 0 Å². The van der Waals surface area contributed by atoms with Gasteiger partial charge in [0, 0.05) is 25.2 Å². The van der Waals surface area contributed by atoms with Gasteiger partial charge in [-0.3, -0.25) is 9.48 Å². The molecular weight excluding hydrogens is 202 g/mol. The van der Waals surface area contributed by atoms with Gasteiger partial charge in [-0.05, 0) is 12.8 Å². The number of Topliss-reactive ketones (excluding diaryl/α,β-unsaturated/α-hetero) is 1. The van der Waals surface area contributed by atoms with E-state index in [-0.39, 0.29) is 11.2 Å². The maximum absolute atomic E-state index is 12.4. The Balaban J connectivity index is 2.24. The molecule has 1 aromatic heterocycles. The molecule has 88 valence electrons. The van der Waals surface area contributed by atoms with Crippen molar-refractivity contribution in [3.63, 3.8) is 0 Å². The molecule has 2 rings (SSSR count). The molecule has 0 unspecified atom stereocenters. The van der Waals surface area contributed by atoms with Crippen LogP contribution in [-0.4, -0.2) is 22.1 Å². The molecule has 0 saturated heterocycles. The fourth-order valence-corrected chi connectivity index (χ4v) is 2.60. The maximum Gasteiger partial charge on any atom is 0.173 e. The molecule has 1 fully saturated rings. The van der Waals surface area contributed by atoms with Crippen LogP contribution in [0.5, 0.6) is 0 Å². The standard InChI is InChI=1S/C12H19N3O/c1-15-8-10(7-14-15)11(16)12(9-13)5-3-2-4-6-12/h7-8H,2-6,9,13H2,1H3. The zero-order chi connectivity index (χ0) is 11.6. The van der Waals surface area contributed by atoms with Crippen molar-refractivity contribution < 1.29 is 4.79 Å². The fourth-order valence-electron chi connectivity index (χ4n) is 2.60. The van der Waals surface area contributed by atoms with Gasteiger partial charge in [-0.1, -0.05) is 19.3 Å². The van der Waals surface area contributed by atoms with Crippen LogP contribution in [0.3, 0.4) is 0 Å². The van der Waals surface area contributed by atoms with Crippen molar-refractivity contribution in [3.05, 3.63) is 18.0 Å². The molecule has 4 nitrogen and oxygen atoms in total. The predicted molar refractivity (Wildman–Crippen MR) is 62.1 cm³/mol. The van der Waals surface area contributed by atoms with Gasteiger partial charge in [0.05, 0.1) is 11.8 Å². The summed E-state index contributed by atoms with van der Waals surface area (Å²) in [5.41, 5.74) is 6.22. The number of hydrogen-bond donors (Lipinski definition) is 1. The number of hydrogen-bond acceptors (Lipinski definition) is 3. The predicted octanol–water partition coefficient (Wildman–Crippen LogP) is 1.51. The lowest BCUT2D eigenvalue weighted by Crippen LogP contribution is -2.40. The van der Waals surface area contributed by atoms with Crippen molar-refractivity contribution in [2.24, 2.45) is 18.2 Å². The number of rotatable bonds is 3. The van der Waals surface area contributed by atoms with Gasteiger partial charge in [0.1, 0.15) is 0 Å². The number of carbonyl (C=O) groups is 1. The minimum absolute atomic E-state index is 0.183. The van der Waals surface area contributed by atoms with E-state index < -0.39 is 0 Å². The number of carbonyl (C=O) groups excluding carboxylic acids is 1.